The van der Waals surface area contributed by atoms with E-state index in [2.05, 4.69) is 23.4 Å². The third-order valence-electron chi connectivity index (χ3n) is 3.35. The average Bonchev–Trinajstić information content (AvgIpc) is 2.42. The predicted octanol–water partition coefficient (Wildman–Crippen LogP) is 3.51. The summed E-state index contributed by atoms with van der Waals surface area (Å²) in [7, 11) is 1.98. The van der Waals surface area contributed by atoms with Crippen molar-refractivity contribution in [2.24, 2.45) is 0 Å². The molecule has 108 valence electrons. The first-order valence-electron chi connectivity index (χ1n) is 6.84. The molecule has 0 heterocycles. The van der Waals surface area contributed by atoms with E-state index in [9.17, 15) is 4.39 Å². The van der Waals surface area contributed by atoms with Gasteiger partial charge in [-0.3, -0.25) is 0 Å². The van der Waals surface area contributed by atoms with Crippen LogP contribution in [0, 0.1) is 5.82 Å². The van der Waals surface area contributed by atoms with Gasteiger partial charge < -0.3 is 10.2 Å². The normalized spacial score (nSPS) is 12.5. The van der Waals surface area contributed by atoms with E-state index < -0.39 is 0 Å². The maximum absolute atomic E-state index is 14.2. The van der Waals surface area contributed by atoms with Crippen molar-refractivity contribution in [2.75, 3.05) is 30.5 Å². The molecule has 0 saturated carbocycles. The van der Waals surface area contributed by atoms with Gasteiger partial charge in [-0.05, 0) is 36.9 Å². The summed E-state index contributed by atoms with van der Waals surface area (Å²) in [4.78, 5) is 2.06. The van der Waals surface area contributed by atoms with Crippen molar-refractivity contribution in [3.8, 4) is 0 Å². The van der Waals surface area contributed by atoms with Gasteiger partial charge in [0, 0.05) is 25.4 Å². The van der Waals surface area contributed by atoms with Crippen LogP contribution in [0.2, 0.25) is 0 Å². The number of hydrogen-bond donors (Lipinski definition) is 1. The van der Waals surface area contributed by atoms with Gasteiger partial charge in [-0.15, -0.1) is 0 Å². The summed E-state index contributed by atoms with van der Waals surface area (Å²) >= 11 is 1.80. The highest BCUT2D eigenvalue weighted by atomic mass is 32.2. The fourth-order valence-corrected chi connectivity index (χ4v) is 2.95. The molecule has 0 saturated heterocycles. The molecule has 1 atom stereocenters. The molecular weight excluding hydrogens is 259 g/mol. The van der Waals surface area contributed by atoms with E-state index in [1.54, 1.807) is 17.8 Å². The van der Waals surface area contributed by atoms with Crippen LogP contribution in [-0.2, 0) is 6.54 Å². The first-order chi connectivity index (χ1) is 9.13. The number of halogens is 1. The minimum absolute atomic E-state index is 0.127. The highest BCUT2D eigenvalue weighted by Crippen LogP contribution is 2.23. The van der Waals surface area contributed by atoms with Gasteiger partial charge in [-0.2, -0.15) is 11.8 Å². The van der Waals surface area contributed by atoms with E-state index in [0.717, 1.165) is 30.8 Å². The maximum Gasteiger partial charge on any atom is 0.146 e. The Hall–Kier alpha value is -0.740. The van der Waals surface area contributed by atoms with E-state index in [-0.39, 0.29) is 5.82 Å². The second-order valence-corrected chi connectivity index (χ2v) is 5.61. The van der Waals surface area contributed by atoms with Gasteiger partial charge in [0.25, 0.3) is 0 Å². The zero-order chi connectivity index (χ0) is 14.3. The monoisotopic (exact) mass is 284 g/mol. The third kappa shape index (κ3) is 4.69. The lowest BCUT2D eigenvalue weighted by Crippen LogP contribution is -2.33. The molecule has 1 unspecified atom stereocenters. The molecule has 0 amide bonds. The van der Waals surface area contributed by atoms with E-state index in [1.165, 1.54) is 0 Å². The molecule has 0 aromatic heterocycles. The Bertz CT molecular complexity index is 384. The van der Waals surface area contributed by atoms with Crippen LogP contribution in [0.25, 0.3) is 0 Å². The Morgan fingerprint density at radius 1 is 1.37 bits per heavy atom. The Kier molecular flexibility index (Phi) is 7.24. The number of thioether (sulfide) groups is 1. The van der Waals surface area contributed by atoms with Crippen LogP contribution in [0.4, 0.5) is 10.1 Å². The summed E-state index contributed by atoms with van der Waals surface area (Å²) in [5, 5.41) is 3.21. The Morgan fingerprint density at radius 2 is 2.11 bits per heavy atom. The van der Waals surface area contributed by atoms with Crippen LogP contribution in [0.15, 0.2) is 18.2 Å². The Balaban J connectivity index is 2.82. The third-order valence-corrected chi connectivity index (χ3v) is 4.07. The smallest absolute Gasteiger partial charge is 0.146 e. The summed E-state index contributed by atoms with van der Waals surface area (Å²) in [5.41, 5.74) is 1.69. The highest BCUT2D eigenvalue weighted by Gasteiger charge is 2.16. The lowest BCUT2D eigenvalue weighted by atomic mass is 10.1. The number of nitrogens with zero attached hydrogens (tertiary/aromatic N) is 1. The fraction of sp³-hybridized carbons (Fsp3) is 0.600. The number of nitrogens with one attached hydrogen (secondary N) is 1. The molecule has 2 nitrogen and oxygen atoms in total. The number of anilines is 1. The van der Waals surface area contributed by atoms with Crippen LogP contribution in [0.3, 0.4) is 0 Å². The quantitative estimate of drug-likeness (QED) is 0.786. The second-order valence-electron chi connectivity index (χ2n) is 4.69. The first kappa shape index (κ1) is 16.3. The largest absolute Gasteiger partial charge is 0.368 e. The molecule has 0 aliphatic heterocycles. The van der Waals surface area contributed by atoms with Crippen molar-refractivity contribution in [3.05, 3.63) is 29.6 Å². The molecule has 0 radical (unpaired) electrons. The predicted molar refractivity (Wildman–Crippen MR) is 84.6 cm³/mol. The SMILES string of the molecule is CCNCc1ccc(N(C)C(CC)CSC)c(F)c1. The molecule has 1 N–H and O–H groups in total. The lowest BCUT2D eigenvalue weighted by molar-refractivity contribution is 0.598. The summed E-state index contributed by atoms with van der Waals surface area (Å²) < 4.78 is 14.2. The van der Waals surface area contributed by atoms with Gasteiger partial charge in [-0.25, -0.2) is 4.39 Å². The average molecular weight is 284 g/mol. The van der Waals surface area contributed by atoms with E-state index in [4.69, 9.17) is 0 Å². The number of hydrogen-bond acceptors (Lipinski definition) is 3. The minimum Gasteiger partial charge on any atom is -0.368 e. The minimum atomic E-state index is -0.127. The molecule has 0 aliphatic rings. The maximum atomic E-state index is 14.2. The molecule has 1 aromatic rings. The molecule has 0 aliphatic carbocycles. The van der Waals surface area contributed by atoms with Crippen LogP contribution >= 0.6 is 11.8 Å². The van der Waals surface area contributed by atoms with Crippen molar-refractivity contribution in [3.63, 3.8) is 0 Å². The topological polar surface area (TPSA) is 15.3 Å². The van der Waals surface area contributed by atoms with Crippen molar-refractivity contribution < 1.29 is 4.39 Å². The second kappa shape index (κ2) is 8.43. The Morgan fingerprint density at radius 3 is 2.63 bits per heavy atom. The molecule has 1 rings (SSSR count). The van der Waals surface area contributed by atoms with Crippen LogP contribution in [0.1, 0.15) is 25.8 Å². The van der Waals surface area contributed by atoms with Crippen molar-refractivity contribution in [1.82, 2.24) is 5.32 Å². The molecule has 0 fully saturated rings. The molecule has 19 heavy (non-hydrogen) atoms. The first-order valence-corrected chi connectivity index (χ1v) is 8.24. The van der Waals surface area contributed by atoms with Crippen LogP contribution < -0.4 is 10.2 Å². The summed E-state index contributed by atoms with van der Waals surface area (Å²) in [6.45, 7) is 5.82. The van der Waals surface area contributed by atoms with Crippen molar-refractivity contribution in [1.29, 1.82) is 0 Å². The summed E-state index contributed by atoms with van der Waals surface area (Å²) in [6, 6.07) is 5.92. The van der Waals surface area contributed by atoms with Gasteiger partial charge in [0.05, 0.1) is 5.69 Å². The highest BCUT2D eigenvalue weighted by molar-refractivity contribution is 7.98. The number of benzene rings is 1. The molecule has 0 bridgehead atoms. The van der Waals surface area contributed by atoms with Crippen molar-refractivity contribution in [2.45, 2.75) is 32.9 Å². The molecule has 1 aromatic carbocycles. The standard InChI is InChI=1S/C15H25FN2S/c1-5-13(11-19-4)18(3)15-8-7-12(9-14(15)16)10-17-6-2/h7-9,13,17H,5-6,10-11H2,1-4H3. The van der Waals surface area contributed by atoms with E-state index in [1.807, 2.05) is 26.1 Å². The zero-order valence-electron chi connectivity index (χ0n) is 12.4. The lowest BCUT2D eigenvalue weighted by Gasteiger charge is -2.29. The molecular formula is C15H25FN2S. The fourth-order valence-electron chi connectivity index (χ4n) is 2.11. The molecule has 4 heteroatoms. The van der Waals surface area contributed by atoms with Crippen molar-refractivity contribution >= 4 is 17.4 Å². The zero-order valence-corrected chi connectivity index (χ0v) is 13.2. The van der Waals surface area contributed by atoms with E-state index in [0.29, 0.717) is 11.7 Å². The van der Waals surface area contributed by atoms with Gasteiger partial charge in [0.2, 0.25) is 0 Å². The van der Waals surface area contributed by atoms with E-state index >= 15 is 0 Å². The van der Waals surface area contributed by atoms with Crippen LogP contribution in [0.5, 0.6) is 0 Å². The van der Waals surface area contributed by atoms with Gasteiger partial charge in [0.1, 0.15) is 5.82 Å². The van der Waals surface area contributed by atoms with Gasteiger partial charge in [0.15, 0.2) is 0 Å². The number of rotatable bonds is 8. The molecule has 0 spiro atoms. The Labute approximate surface area is 120 Å². The van der Waals surface area contributed by atoms with Gasteiger partial charge >= 0.3 is 0 Å². The van der Waals surface area contributed by atoms with Crippen LogP contribution in [-0.4, -0.2) is 31.6 Å². The summed E-state index contributed by atoms with van der Waals surface area (Å²) in [5.74, 6) is 0.892. The summed E-state index contributed by atoms with van der Waals surface area (Å²) in [6.07, 6.45) is 3.11. The van der Waals surface area contributed by atoms with Gasteiger partial charge in [-0.1, -0.05) is 19.9 Å².